The highest BCUT2D eigenvalue weighted by molar-refractivity contribution is 7.52. The summed E-state index contributed by atoms with van der Waals surface area (Å²) in [6.07, 6.45) is -5.72. The highest BCUT2D eigenvalue weighted by Gasteiger charge is 2.65. The second kappa shape index (κ2) is 36.8. The number of halogens is 4. The number of H-pyrrole nitrogens is 4. The number of esters is 4. The van der Waals surface area contributed by atoms with Crippen molar-refractivity contribution in [2.24, 2.45) is 0 Å². The van der Waals surface area contributed by atoms with Crippen molar-refractivity contribution in [3.63, 3.8) is 0 Å². The number of nitrogens with two attached hydrogens (primary N) is 4. The lowest BCUT2D eigenvalue weighted by Gasteiger charge is -2.36. The largest absolute Gasteiger partial charge is 0.462 e. The van der Waals surface area contributed by atoms with Crippen molar-refractivity contribution in [2.45, 2.75) is 253 Å². The van der Waals surface area contributed by atoms with Crippen LogP contribution in [0.5, 0.6) is 0 Å². The first kappa shape index (κ1) is 97.4. The number of aromatic nitrogens is 16. The number of aromatic amines is 4. The Morgan fingerprint density at radius 1 is 0.375 bits per heavy atom. The topological polar surface area (TPSA) is 691 Å². The normalized spacial score (nSPS) is 33.4. The Morgan fingerprint density at radius 2 is 0.555 bits per heavy atom. The fraction of sp³-hybridized carbons (Fsp3) is 0.647. The molecule has 16 N–H and O–H groups in total. The number of imidazole rings is 4. The van der Waals surface area contributed by atoms with E-state index in [1.165, 1.54) is 71.3 Å². The molecule has 0 aromatic carbocycles. The van der Waals surface area contributed by atoms with Crippen LogP contribution in [0.15, 0.2) is 44.5 Å². The van der Waals surface area contributed by atoms with Gasteiger partial charge in [-0.15, -0.1) is 46.4 Å². The minimum absolute atomic E-state index is 0.0622. The standard InChI is InChI=1S/4C17H24ClN6O7P/c4*1-7(2)29-14(26)8(3)23-32(27)28-5-9-11(31-32)17(4,18)15(30-9)24-6-20-10-12(24)21-16(19)22-13(10)25/h4*6-9,11,15H,5H2,1-4H3,(H,23,27)(H3,19,21,22,25)/t8?,9-,11-,15-,17-,32?;8-,9+,11+,15+,17+,32?;8-,9-,11-,15-,17-,32?;8-,9-,11-,15-,17-,32-/m1011/s1. The molecule has 0 radical (unpaired) electrons. The zero-order chi connectivity index (χ0) is 93.7. The maximum absolute atomic E-state index is 13.2. The molecule has 60 heteroatoms. The number of carbonyl (C=O) groups excluding carboxylic acids is 4. The van der Waals surface area contributed by atoms with Crippen LogP contribution in [-0.2, 0) is 112 Å². The van der Waals surface area contributed by atoms with Crippen LogP contribution in [0.3, 0.4) is 0 Å². The molecule has 0 bridgehead atoms. The summed E-state index contributed by atoms with van der Waals surface area (Å²) >= 11 is 27.3. The van der Waals surface area contributed by atoms with Crippen molar-refractivity contribution in [1.82, 2.24) is 98.4 Å². The Morgan fingerprint density at radius 3 is 0.727 bits per heavy atom. The van der Waals surface area contributed by atoms with Gasteiger partial charge in [0, 0.05) is 0 Å². The summed E-state index contributed by atoms with van der Waals surface area (Å²) in [5.41, 5.74) is 21.6. The third kappa shape index (κ3) is 20.0. The van der Waals surface area contributed by atoms with Gasteiger partial charge < -0.3 is 60.8 Å². The molecule has 0 amide bonds. The molecule has 16 rings (SSSR count). The van der Waals surface area contributed by atoms with Gasteiger partial charge >= 0.3 is 54.9 Å². The second-order valence-electron chi connectivity index (χ2n) is 32.4. The molecule has 704 valence electrons. The molecule has 0 aliphatic carbocycles. The molecule has 0 saturated carbocycles. The zero-order valence-corrected chi connectivity index (χ0v) is 77.7. The summed E-state index contributed by atoms with van der Waals surface area (Å²) in [5, 5.41) is 10.3. The molecular weight excluding hydrogens is 1870 g/mol. The molecule has 128 heavy (non-hydrogen) atoms. The van der Waals surface area contributed by atoms with E-state index >= 15 is 0 Å². The fourth-order valence-corrected chi connectivity index (χ4v) is 23.4. The lowest BCUT2D eigenvalue weighted by atomic mass is 10.0. The predicted molar refractivity (Wildman–Crippen MR) is 452 cm³/mol. The van der Waals surface area contributed by atoms with Gasteiger partial charge in [0.2, 0.25) is 23.8 Å². The first-order valence-electron chi connectivity index (χ1n) is 39.6. The van der Waals surface area contributed by atoms with Crippen LogP contribution < -0.4 is 65.5 Å². The molecule has 8 aliphatic rings. The van der Waals surface area contributed by atoms with Gasteiger partial charge in [0.05, 0.1) is 76.2 Å². The minimum atomic E-state index is -3.91. The lowest BCUT2D eigenvalue weighted by molar-refractivity contribution is -0.150. The Bertz CT molecular complexity index is 5310. The third-order valence-corrected chi connectivity index (χ3v) is 28.8. The molecule has 8 saturated heterocycles. The van der Waals surface area contributed by atoms with E-state index in [9.17, 15) is 56.6 Å². The van der Waals surface area contributed by atoms with Crippen molar-refractivity contribution >= 4 is 170 Å². The minimum Gasteiger partial charge on any atom is -0.462 e. The van der Waals surface area contributed by atoms with Crippen LogP contribution in [0.2, 0.25) is 0 Å². The lowest BCUT2D eigenvalue weighted by Crippen LogP contribution is -2.47. The number of carbonyl (C=O) groups is 4. The van der Waals surface area contributed by atoms with Crippen LogP contribution in [0, 0.1) is 0 Å². The first-order valence-corrected chi connectivity index (χ1v) is 47.2. The number of fused-ring (bicyclic) bond motifs is 8. The van der Waals surface area contributed by atoms with Crippen molar-refractivity contribution in [3.05, 3.63) is 66.7 Å². The quantitative estimate of drug-likeness (QED) is 0.0220. The number of nitrogen functional groups attached to an aromatic ring is 4. The van der Waals surface area contributed by atoms with E-state index in [1.807, 2.05) is 0 Å². The van der Waals surface area contributed by atoms with E-state index in [1.54, 1.807) is 83.1 Å². The molecule has 0 spiro atoms. The van der Waals surface area contributed by atoms with E-state index in [-0.39, 0.29) is 119 Å². The van der Waals surface area contributed by atoms with Gasteiger partial charge in [-0.05, 0) is 111 Å². The summed E-state index contributed by atoms with van der Waals surface area (Å²) in [6.45, 7) is 25.7. The van der Waals surface area contributed by atoms with Crippen LogP contribution in [0.4, 0.5) is 23.8 Å². The summed E-state index contributed by atoms with van der Waals surface area (Å²) in [4.78, 5) is 134. The Labute approximate surface area is 744 Å². The molecule has 52 nitrogen and oxygen atoms in total. The van der Waals surface area contributed by atoms with Crippen LogP contribution in [0.1, 0.15) is 136 Å². The maximum atomic E-state index is 13.2. The molecule has 16 heterocycles. The van der Waals surface area contributed by atoms with Crippen molar-refractivity contribution in [3.8, 4) is 0 Å². The number of ether oxygens (including phenoxy) is 8. The molecule has 24 atom stereocenters. The van der Waals surface area contributed by atoms with E-state index in [2.05, 4.69) is 80.2 Å². The van der Waals surface area contributed by atoms with Gasteiger partial charge in [-0.25, -0.2) is 58.5 Å². The number of anilines is 4. The van der Waals surface area contributed by atoms with Gasteiger partial charge in [-0.1, -0.05) is 0 Å². The first-order chi connectivity index (χ1) is 59.6. The fourth-order valence-electron chi connectivity index (χ4n) is 14.7. The summed E-state index contributed by atoms with van der Waals surface area (Å²) in [7, 11) is -15.7. The number of nitrogens with zero attached hydrogens (tertiary/aromatic N) is 12. The second-order valence-corrected chi connectivity index (χ2v) is 42.6. The molecule has 8 aromatic heterocycles. The Kier molecular flexibility index (Phi) is 28.0. The highest BCUT2D eigenvalue weighted by atomic mass is 35.5. The number of hydrogen-bond acceptors (Lipinski definition) is 40. The van der Waals surface area contributed by atoms with Gasteiger partial charge in [0.15, 0.2) is 69.6 Å². The average molecular weight is 1960 g/mol. The van der Waals surface area contributed by atoms with Gasteiger partial charge in [-0.3, -0.25) is 113 Å². The molecule has 4 unspecified atom stereocenters. The molecular formula is C68H96Cl4N24O28P4. The van der Waals surface area contributed by atoms with E-state index < -0.39 is 195 Å². The van der Waals surface area contributed by atoms with Gasteiger partial charge in [-0.2, -0.15) is 19.9 Å². The van der Waals surface area contributed by atoms with Gasteiger partial charge in [0.1, 0.15) is 92.5 Å². The zero-order valence-electron chi connectivity index (χ0n) is 71.1. The Balaban J connectivity index is 0.000000146. The average Bonchev–Trinajstić information content (AvgIpc) is 1.59. The molecule has 8 aromatic rings. The van der Waals surface area contributed by atoms with E-state index in [4.69, 9.17) is 143 Å². The van der Waals surface area contributed by atoms with Crippen LogP contribution in [0.25, 0.3) is 44.7 Å². The number of hydrogen-bond donors (Lipinski definition) is 12. The van der Waals surface area contributed by atoms with Gasteiger partial charge in [0.25, 0.3) is 22.2 Å². The highest BCUT2D eigenvalue weighted by Crippen LogP contribution is 2.62. The monoisotopic (exact) mass is 1960 g/mol. The smallest absolute Gasteiger partial charge is 0.406 e. The van der Waals surface area contributed by atoms with Crippen molar-refractivity contribution in [2.75, 3.05) is 49.4 Å². The third-order valence-electron chi connectivity index (χ3n) is 20.4. The van der Waals surface area contributed by atoms with Crippen LogP contribution >= 0.6 is 77.4 Å². The van der Waals surface area contributed by atoms with E-state index in [0.29, 0.717) is 0 Å². The SMILES string of the molecule is CC(C)OC(=O)C(C)NP1(=O)OC[C@H]2O[C@@H](n3cnc4c(=O)[nH]c(N)nc43)[C@](C)(Cl)[C@@H]2O1.CC(C)OC(=O)[C@@H](C)NP1(=O)OC[C@H]2O[C@@H](n3cnc4c(=O)[nH]c(N)nc43)[C@](C)(Cl)[C@@H]2O1.CC(C)OC(=O)[C@@H](C)N[P@@]1(=O)OC[C@H]2O[C@@H](n3cnc4c(=O)[nH]c(N)nc43)[C@](C)(Cl)[C@@H]2O1.CC(C)OC(=O)[C@H](C)NP1(=O)OC[C@H]2O[C@@H](n3cnc4c(=O)[nH]c(N)nc43)[C@](C)(Cl)[C@@H]2O1. The molecule has 8 fully saturated rings. The number of nitrogens with one attached hydrogen (secondary N) is 8. The summed E-state index contributed by atoms with van der Waals surface area (Å²) in [6, 6.07) is -3.79. The predicted octanol–water partition coefficient (Wildman–Crippen LogP) is 4.20. The van der Waals surface area contributed by atoms with E-state index in [0.717, 1.165) is 0 Å². The summed E-state index contributed by atoms with van der Waals surface area (Å²) in [5.74, 6) is -2.76. The molecule has 8 aliphatic heterocycles. The van der Waals surface area contributed by atoms with Crippen molar-refractivity contribution in [1.29, 1.82) is 0 Å². The number of alkyl halides is 4. The number of rotatable bonds is 20. The van der Waals surface area contributed by atoms with Crippen LogP contribution in [-0.4, -0.2) is 245 Å². The maximum Gasteiger partial charge on any atom is 0.406 e. The van der Waals surface area contributed by atoms with Crippen molar-refractivity contribution < 1.29 is 112 Å². The summed E-state index contributed by atoms with van der Waals surface area (Å²) < 4.78 is 148. The Hall–Kier alpha value is -8.08.